The molecular weight excluding hydrogens is 364 g/mol. The Balaban J connectivity index is 1.59. The van der Waals surface area contributed by atoms with Crippen LogP contribution in [0.15, 0.2) is 71.8 Å². The van der Waals surface area contributed by atoms with Crippen molar-refractivity contribution in [3.8, 4) is 17.2 Å². The van der Waals surface area contributed by atoms with Crippen molar-refractivity contribution in [2.75, 3.05) is 7.11 Å². The molecule has 5 nitrogen and oxygen atoms in total. The highest BCUT2D eigenvalue weighted by Crippen LogP contribution is 2.48. The van der Waals surface area contributed by atoms with Crippen molar-refractivity contribution >= 4 is 5.71 Å². The smallest absolute Gasteiger partial charge is 0.213 e. The van der Waals surface area contributed by atoms with Gasteiger partial charge in [-0.3, -0.25) is 0 Å². The molecule has 1 N–H and O–H groups in total. The molecule has 146 valence electrons. The normalized spacial score (nSPS) is 19.8. The highest BCUT2D eigenvalue weighted by molar-refractivity contribution is 6.04. The minimum atomic E-state index is -0.342. The van der Waals surface area contributed by atoms with Gasteiger partial charge in [-0.1, -0.05) is 29.8 Å². The van der Waals surface area contributed by atoms with E-state index in [-0.39, 0.29) is 18.0 Å². The number of para-hydroxylation sites is 1. The highest BCUT2D eigenvalue weighted by atomic mass is 16.5. The van der Waals surface area contributed by atoms with Crippen LogP contribution < -0.4 is 9.47 Å². The van der Waals surface area contributed by atoms with Gasteiger partial charge in [0.05, 0.1) is 18.9 Å². The Morgan fingerprint density at radius 2 is 1.86 bits per heavy atom. The number of benzene rings is 3. The van der Waals surface area contributed by atoms with Gasteiger partial charge in [-0.25, -0.2) is 5.01 Å². The lowest BCUT2D eigenvalue weighted by atomic mass is 9.95. The molecule has 29 heavy (non-hydrogen) atoms. The molecule has 3 aromatic carbocycles. The summed E-state index contributed by atoms with van der Waals surface area (Å²) in [5.41, 5.74) is 4.86. The van der Waals surface area contributed by atoms with Crippen molar-refractivity contribution < 1.29 is 14.6 Å². The number of hydrogen-bond donors (Lipinski definition) is 1. The van der Waals surface area contributed by atoms with E-state index >= 15 is 0 Å². The van der Waals surface area contributed by atoms with E-state index in [0.29, 0.717) is 6.42 Å². The van der Waals surface area contributed by atoms with Crippen LogP contribution in [0.1, 0.15) is 40.9 Å². The molecule has 0 amide bonds. The van der Waals surface area contributed by atoms with Gasteiger partial charge < -0.3 is 14.6 Å². The van der Waals surface area contributed by atoms with E-state index in [1.54, 1.807) is 13.2 Å². The largest absolute Gasteiger partial charge is 0.507 e. The summed E-state index contributed by atoms with van der Waals surface area (Å²) in [4.78, 5) is 0. The third-order valence-electron chi connectivity index (χ3n) is 5.56. The van der Waals surface area contributed by atoms with Crippen LogP contribution in [0.25, 0.3) is 0 Å². The van der Waals surface area contributed by atoms with Crippen LogP contribution in [0, 0.1) is 6.92 Å². The maximum absolute atomic E-state index is 10.4. The Bertz CT molecular complexity index is 1090. The van der Waals surface area contributed by atoms with Crippen LogP contribution in [0.5, 0.6) is 17.2 Å². The van der Waals surface area contributed by atoms with E-state index in [2.05, 4.69) is 6.07 Å². The van der Waals surface area contributed by atoms with Gasteiger partial charge in [0.1, 0.15) is 17.2 Å². The monoisotopic (exact) mass is 386 g/mol. The molecule has 0 saturated heterocycles. The minimum absolute atomic E-state index is 0.0574. The van der Waals surface area contributed by atoms with Crippen molar-refractivity contribution in [3.63, 3.8) is 0 Å². The highest BCUT2D eigenvalue weighted by Gasteiger charge is 2.41. The first-order valence-corrected chi connectivity index (χ1v) is 9.69. The Kier molecular flexibility index (Phi) is 4.16. The quantitative estimate of drug-likeness (QED) is 0.692. The number of methoxy groups -OCH3 is 1. The fraction of sp³-hybridized carbons (Fsp3) is 0.208. The molecule has 2 aliphatic rings. The molecule has 5 rings (SSSR count). The predicted molar refractivity (Wildman–Crippen MR) is 111 cm³/mol. The second-order valence-corrected chi connectivity index (χ2v) is 7.45. The molecule has 0 aromatic heterocycles. The average molecular weight is 386 g/mol. The van der Waals surface area contributed by atoms with E-state index in [1.165, 1.54) is 0 Å². The molecule has 2 heterocycles. The number of rotatable bonds is 3. The summed E-state index contributed by atoms with van der Waals surface area (Å²) in [7, 11) is 1.66. The second kappa shape index (κ2) is 6.85. The molecule has 0 bridgehead atoms. The first kappa shape index (κ1) is 17.6. The van der Waals surface area contributed by atoms with Crippen LogP contribution in [-0.4, -0.2) is 22.9 Å². The number of fused-ring (bicyclic) bond motifs is 3. The fourth-order valence-corrected chi connectivity index (χ4v) is 4.07. The van der Waals surface area contributed by atoms with E-state index < -0.39 is 0 Å². The zero-order chi connectivity index (χ0) is 20.0. The summed E-state index contributed by atoms with van der Waals surface area (Å²) in [5.74, 6) is 1.93. The zero-order valence-corrected chi connectivity index (χ0v) is 16.4. The lowest BCUT2D eigenvalue weighted by Gasteiger charge is -2.38. The lowest BCUT2D eigenvalue weighted by molar-refractivity contribution is -0.0190. The second-order valence-electron chi connectivity index (χ2n) is 7.45. The first-order chi connectivity index (χ1) is 14.1. The topological polar surface area (TPSA) is 54.3 Å². The molecule has 0 unspecified atom stereocenters. The molecule has 0 aliphatic carbocycles. The van der Waals surface area contributed by atoms with Crippen molar-refractivity contribution in [1.82, 2.24) is 5.01 Å². The molecule has 0 spiro atoms. The molecule has 2 atom stereocenters. The number of aromatic hydroxyl groups is 1. The van der Waals surface area contributed by atoms with E-state index in [9.17, 15) is 5.11 Å². The minimum Gasteiger partial charge on any atom is -0.507 e. The van der Waals surface area contributed by atoms with Crippen molar-refractivity contribution in [2.45, 2.75) is 25.6 Å². The summed E-state index contributed by atoms with van der Waals surface area (Å²) in [6.07, 6.45) is 0.370. The number of hydrogen-bond acceptors (Lipinski definition) is 5. The SMILES string of the molecule is COc1ccc([C@H]2Oc3ccccc3[C@@H]3CC(c4cc(C)ccc4O)=NN23)cc1. The van der Waals surface area contributed by atoms with Gasteiger partial charge in [-0.05, 0) is 49.4 Å². The van der Waals surface area contributed by atoms with Crippen molar-refractivity contribution in [2.24, 2.45) is 5.10 Å². The molecular formula is C24H22N2O3. The summed E-state index contributed by atoms with van der Waals surface area (Å²) in [6.45, 7) is 2.02. The van der Waals surface area contributed by atoms with Crippen LogP contribution in [0.2, 0.25) is 0 Å². The summed E-state index contributed by atoms with van der Waals surface area (Å²) in [6, 6.07) is 21.7. The summed E-state index contributed by atoms with van der Waals surface area (Å²) >= 11 is 0. The Morgan fingerprint density at radius 3 is 2.66 bits per heavy atom. The molecule has 0 radical (unpaired) electrons. The maximum atomic E-state index is 10.4. The van der Waals surface area contributed by atoms with Gasteiger partial charge in [0.25, 0.3) is 0 Å². The van der Waals surface area contributed by atoms with Gasteiger partial charge in [-0.15, -0.1) is 0 Å². The van der Waals surface area contributed by atoms with Crippen LogP contribution in [0.4, 0.5) is 0 Å². The third kappa shape index (κ3) is 2.99. The predicted octanol–water partition coefficient (Wildman–Crippen LogP) is 4.95. The van der Waals surface area contributed by atoms with E-state index in [4.69, 9.17) is 14.6 Å². The average Bonchev–Trinajstić information content (AvgIpc) is 3.20. The number of phenolic OH excluding ortho intramolecular Hbond substituents is 1. The van der Waals surface area contributed by atoms with Crippen LogP contribution >= 0.6 is 0 Å². The number of ether oxygens (including phenoxy) is 2. The fourth-order valence-electron chi connectivity index (χ4n) is 4.07. The molecule has 3 aromatic rings. The summed E-state index contributed by atoms with van der Waals surface area (Å²) in [5, 5.41) is 17.4. The van der Waals surface area contributed by atoms with E-state index in [0.717, 1.165) is 39.5 Å². The van der Waals surface area contributed by atoms with Crippen LogP contribution in [0.3, 0.4) is 0 Å². The summed E-state index contributed by atoms with van der Waals surface area (Å²) < 4.78 is 11.6. The third-order valence-corrected chi connectivity index (χ3v) is 5.56. The van der Waals surface area contributed by atoms with Gasteiger partial charge in [0.15, 0.2) is 0 Å². The maximum Gasteiger partial charge on any atom is 0.213 e. The van der Waals surface area contributed by atoms with Crippen molar-refractivity contribution in [1.29, 1.82) is 0 Å². The number of nitrogens with zero attached hydrogens (tertiary/aromatic N) is 2. The van der Waals surface area contributed by atoms with E-state index in [1.807, 2.05) is 66.5 Å². The molecule has 0 fully saturated rings. The Hall–Kier alpha value is -3.47. The van der Waals surface area contributed by atoms with Gasteiger partial charge in [0.2, 0.25) is 6.23 Å². The van der Waals surface area contributed by atoms with Gasteiger partial charge in [-0.2, -0.15) is 5.10 Å². The van der Waals surface area contributed by atoms with Crippen molar-refractivity contribution in [3.05, 3.63) is 89.0 Å². The first-order valence-electron chi connectivity index (χ1n) is 9.69. The number of aryl methyl sites for hydroxylation is 1. The lowest BCUT2D eigenvalue weighted by Crippen LogP contribution is -2.33. The Labute approximate surface area is 169 Å². The number of phenols is 1. The Morgan fingerprint density at radius 1 is 1.07 bits per heavy atom. The standard InChI is InChI=1S/C24H22N2O3/c1-15-7-12-22(27)19(13-15)20-14-21-18-5-3-4-6-23(18)29-24(26(21)25-20)16-8-10-17(28-2)11-9-16/h3-13,21,24,27H,14H2,1-2H3/t21-,24+/m0/s1. The molecule has 0 saturated carbocycles. The van der Waals surface area contributed by atoms with Gasteiger partial charge >= 0.3 is 0 Å². The zero-order valence-electron chi connectivity index (χ0n) is 16.4. The molecule has 2 aliphatic heterocycles. The molecule has 5 heteroatoms. The number of hydrazone groups is 1. The van der Waals surface area contributed by atoms with Crippen LogP contribution in [-0.2, 0) is 0 Å². The van der Waals surface area contributed by atoms with Gasteiger partial charge in [0, 0.05) is 23.1 Å².